The van der Waals surface area contributed by atoms with Gasteiger partial charge in [-0.25, -0.2) is 4.98 Å². The number of halogens is 1. The van der Waals surface area contributed by atoms with Gasteiger partial charge in [-0.05, 0) is 26.0 Å². The van der Waals surface area contributed by atoms with Gasteiger partial charge in [0.1, 0.15) is 5.15 Å². The number of aromatic nitrogens is 1. The maximum Gasteiger partial charge on any atom is 0.131 e. The standard InChI is InChI=1S/C10H13ClN2S/c1-10(2)8(6-14-10)13-7-3-4-12-9(11)5-7/h3-5,8H,6H2,1-2H3,(H,12,13). The maximum atomic E-state index is 5.80. The minimum Gasteiger partial charge on any atom is -0.380 e. The molecule has 1 unspecified atom stereocenters. The highest BCUT2D eigenvalue weighted by Crippen LogP contribution is 2.41. The van der Waals surface area contributed by atoms with Crippen molar-refractivity contribution in [1.82, 2.24) is 4.98 Å². The zero-order chi connectivity index (χ0) is 10.2. The first-order valence-corrected chi connectivity index (χ1v) is 5.96. The second-order valence-corrected chi connectivity index (χ2v) is 6.04. The summed E-state index contributed by atoms with van der Waals surface area (Å²) in [6, 6.07) is 4.34. The van der Waals surface area contributed by atoms with E-state index in [0.717, 1.165) is 11.4 Å². The average molecular weight is 229 g/mol. The first kappa shape index (κ1) is 10.1. The van der Waals surface area contributed by atoms with Crippen molar-refractivity contribution in [2.75, 3.05) is 11.1 Å². The van der Waals surface area contributed by atoms with Gasteiger partial charge in [0.05, 0.1) is 0 Å². The van der Waals surface area contributed by atoms with Crippen molar-refractivity contribution in [2.24, 2.45) is 0 Å². The number of hydrogen-bond acceptors (Lipinski definition) is 3. The van der Waals surface area contributed by atoms with E-state index in [4.69, 9.17) is 11.6 Å². The minimum absolute atomic E-state index is 0.329. The molecule has 1 N–H and O–H groups in total. The summed E-state index contributed by atoms with van der Waals surface area (Å²) >= 11 is 7.79. The lowest BCUT2D eigenvalue weighted by Crippen LogP contribution is -2.50. The summed E-state index contributed by atoms with van der Waals surface area (Å²) in [5.41, 5.74) is 1.06. The van der Waals surface area contributed by atoms with Gasteiger partial charge in [0, 0.05) is 28.4 Å². The Bertz CT molecular complexity index is 341. The fourth-order valence-corrected chi connectivity index (χ4v) is 2.73. The predicted molar refractivity (Wildman–Crippen MR) is 63.2 cm³/mol. The average Bonchev–Trinajstić information content (AvgIpc) is 2.13. The molecule has 0 spiro atoms. The van der Waals surface area contributed by atoms with E-state index in [0.29, 0.717) is 15.9 Å². The Kier molecular flexibility index (Phi) is 2.62. The first-order valence-electron chi connectivity index (χ1n) is 4.60. The maximum absolute atomic E-state index is 5.80. The molecule has 0 bridgehead atoms. The highest BCUT2D eigenvalue weighted by molar-refractivity contribution is 8.02. The van der Waals surface area contributed by atoms with E-state index in [9.17, 15) is 0 Å². The van der Waals surface area contributed by atoms with Crippen molar-refractivity contribution in [2.45, 2.75) is 24.6 Å². The molecular formula is C10H13ClN2S. The van der Waals surface area contributed by atoms with Crippen LogP contribution in [0.2, 0.25) is 5.15 Å². The zero-order valence-corrected chi connectivity index (χ0v) is 9.82. The summed E-state index contributed by atoms with van der Waals surface area (Å²) < 4.78 is 0.329. The molecule has 1 aliphatic heterocycles. The Hall–Kier alpha value is -0.410. The molecular weight excluding hydrogens is 216 g/mol. The molecule has 0 radical (unpaired) electrons. The molecule has 0 saturated carbocycles. The van der Waals surface area contributed by atoms with Gasteiger partial charge in [0.2, 0.25) is 0 Å². The van der Waals surface area contributed by atoms with E-state index >= 15 is 0 Å². The minimum atomic E-state index is 0.329. The molecule has 1 fully saturated rings. The molecule has 1 aromatic rings. The molecule has 2 heterocycles. The van der Waals surface area contributed by atoms with Crippen LogP contribution in [0, 0.1) is 0 Å². The van der Waals surface area contributed by atoms with E-state index in [1.165, 1.54) is 0 Å². The number of rotatable bonds is 2. The molecule has 1 saturated heterocycles. The number of pyridine rings is 1. The molecule has 2 rings (SSSR count). The van der Waals surface area contributed by atoms with Crippen molar-refractivity contribution in [3.63, 3.8) is 0 Å². The second kappa shape index (κ2) is 3.63. The predicted octanol–water partition coefficient (Wildman–Crippen LogP) is 3.04. The quantitative estimate of drug-likeness (QED) is 0.788. The molecule has 0 aromatic carbocycles. The van der Waals surface area contributed by atoms with E-state index in [2.05, 4.69) is 24.1 Å². The van der Waals surface area contributed by atoms with Crippen LogP contribution in [0.3, 0.4) is 0 Å². The molecule has 2 nitrogen and oxygen atoms in total. The summed E-state index contributed by atoms with van der Waals surface area (Å²) in [6.07, 6.45) is 1.73. The Balaban J connectivity index is 2.05. The molecule has 1 atom stereocenters. The Morgan fingerprint density at radius 2 is 2.43 bits per heavy atom. The van der Waals surface area contributed by atoms with Crippen molar-refractivity contribution < 1.29 is 0 Å². The largest absolute Gasteiger partial charge is 0.380 e. The van der Waals surface area contributed by atoms with Crippen LogP contribution in [0.1, 0.15) is 13.8 Å². The zero-order valence-electron chi connectivity index (χ0n) is 8.25. The molecule has 1 aliphatic rings. The van der Waals surface area contributed by atoms with Crippen LogP contribution in [-0.4, -0.2) is 21.5 Å². The van der Waals surface area contributed by atoms with Crippen LogP contribution >= 0.6 is 23.4 Å². The van der Waals surface area contributed by atoms with Crippen molar-refractivity contribution in [3.8, 4) is 0 Å². The van der Waals surface area contributed by atoms with Crippen LogP contribution < -0.4 is 5.32 Å². The number of hydrogen-bond donors (Lipinski definition) is 1. The summed E-state index contributed by atoms with van der Waals surface area (Å²) in [6.45, 7) is 4.50. The van der Waals surface area contributed by atoms with Gasteiger partial charge >= 0.3 is 0 Å². The number of thioether (sulfide) groups is 1. The van der Waals surface area contributed by atoms with E-state index in [1.807, 2.05) is 23.9 Å². The number of nitrogens with zero attached hydrogens (tertiary/aromatic N) is 1. The Labute approximate surface area is 93.4 Å². The monoisotopic (exact) mass is 228 g/mol. The lowest BCUT2D eigenvalue weighted by Gasteiger charge is -2.44. The summed E-state index contributed by atoms with van der Waals surface area (Å²) in [5, 5.41) is 4.01. The van der Waals surface area contributed by atoms with Crippen LogP contribution in [0.25, 0.3) is 0 Å². The van der Waals surface area contributed by atoms with E-state index < -0.39 is 0 Å². The molecule has 0 aliphatic carbocycles. The SMILES string of the molecule is CC1(C)SCC1Nc1ccnc(Cl)c1. The van der Waals surface area contributed by atoms with Gasteiger partial charge in [-0.1, -0.05) is 11.6 Å². The van der Waals surface area contributed by atoms with Crippen molar-refractivity contribution in [1.29, 1.82) is 0 Å². The topological polar surface area (TPSA) is 24.9 Å². The normalized spacial score (nSPS) is 24.1. The van der Waals surface area contributed by atoms with E-state index in [-0.39, 0.29) is 0 Å². The lowest BCUT2D eigenvalue weighted by molar-refractivity contribution is 0.576. The van der Waals surface area contributed by atoms with Crippen molar-refractivity contribution in [3.05, 3.63) is 23.5 Å². The lowest BCUT2D eigenvalue weighted by atomic mass is 10.0. The third-order valence-corrected chi connectivity index (χ3v) is 4.26. The van der Waals surface area contributed by atoms with Crippen LogP contribution in [0.4, 0.5) is 5.69 Å². The fourth-order valence-electron chi connectivity index (χ4n) is 1.41. The van der Waals surface area contributed by atoms with Crippen LogP contribution in [-0.2, 0) is 0 Å². The van der Waals surface area contributed by atoms with Gasteiger partial charge in [-0.15, -0.1) is 0 Å². The molecule has 4 heteroatoms. The number of anilines is 1. The molecule has 1 aromatic heterocycles. The fraction of sp³-hybridized carbons (Fsp3) is 0.500. The third-order valence-electron chi connectivity index (χ3n) is 2.53. The Morgan fingerprint density at radius 1 is 1.64 bits per heavy atom. The molecule has 0 amide bonds. The third kappa shape index (κ3) is 1.98. The van der Waals surface area contributed by atoms with Crippen LogP contribution in [0.15, 0.2) is 18.3 Å². The highest BCUT2D eigenvalue weighted by Gasteiger charge is 2.39. The van der Waals surface area contributed by atoms with Gasteiger partial charge in [-0.3, -0.25) is 0 Å². The van der Waals surface area contributed by atoms with E-state index in [1.54, 1.807) is 6.20 Å². The summed E-state index contributed by atoms with van der Waals surface area (Å²) in [5.74, 6) is 1.16. The van der Waals surface area contributed by atoms with Crippen LogP contribution in [0.5, 0.6) is 0 Å². The van der Waals surface area contributed by atoms with Gasteiger partial charge in [0.15, 0.2) is 0 Å². The number of nitrogens with one attached hydrogen (secondary N) is 1. The summed E-state index contributed by atoms with van der Waals surface area (Å²) in [7, 11) is 0. The molecule has 14 heavy (non-hydrogen) atoms. The Morgan fingerprint density at radius 3 is 2.93 bits per heavy atom. The summed E-state index contributed by atoms with van der Waals surface area (Å²) in [4.78, 5) is 3.95. The highest BCUT2D eigenvalue weighted by atomic mass is 35.5. The van der Waals surface area contributed by atoms with Gasteiger partial charge < -0.3 is 5.32 Å². The second-order valence-electron chi connectivity index (χ2n) is 3.98. The molecule has 76 valence electrons. The van der Waals surface area contributed by atoms with Gasteiger partial charge in [0.25, 0.3) is 0 Å². The first-order chi connectivity index (χ1) is 6.58. The van der Waals surface area contributed by atoms with Gasteiger partial charge in [-0.2, -0.15) is 11.8 Å². The van der Waals surface area contributed by atoms with Crippen molar-refractivity contribution >= 4 is 29.1 Å². The smallest absolute Gasteiger partial charge is 0.131 e.